The number of fused-ring (bicyclic) bond motifs is 1. The Labute approximate surface area is 250 Å². The number of hydroxylamine groups is 1. The van der Waals surface area contributed by atoms with Crippen molar-refractivity contribution in [1.29, 1.82) is 0 Å². The summed E-state index contributed by atoms with van der Waals surface area (Å²) in [5.41, 5.74) is 6.45. The fraction of sp³-hybridized carbons (Fsp3) is 0.281. The molecule has 0 aliphatic carbocycles. The Morgan fingerprint density at radius 2 is 1.51 bits per heavy atom. The lowest BCUT2D eigenvalue weighted by Crippen LogP contribution is -2.48. The first-order valence-corrected chi connectivity index (χ1v) is 14.1. The molecule has 0 atom stereocenters. The van der Waals surface area contributed by atoms with Gasteiger partial charge in [0.1, 0.15) is 0 Å². The second kappa shape index (κ2) is 14.1. The molecule has 0 radical (unpaired) electrons. The zero-order valence-corrected chi connectivity index (χ0v) is 24.0. The monoisotopic (exact) mass is 585 g/mol. The summed E-state index contributed by atoms with van der Waals surface area (Å²) in [6, 6.07) is 20.8. The van der Waals surface area contributed by atoms with Crippen LogP contribution in [0.3, 0.4) is 0 Å². The van der Waals surface area contributed by atoms with Gasteiger partial charge in [0.15, 0.2) is 0 Å². The second-order valence-corrected chi connectivity index (χ2v) is 10.3. The van der Waals surface area contributed by atoms with Crippen LogP contribution in [0.1, 0.15) is 31.8 Å². The summed E-state index contributed by atoms with van der Waals surface area (Å²) >= 11 is 0. The highest BCUT2D eigenvalue weighted by atomic mass is 16.7. The van der Waals surface area contributed by atoms with Gasteiger partial charge in [-0.1, -0.05) is 36.4 Å². The minimum atomic E-state index is -1.07. The van der Waals surface area contributed by atoms with Gasteiger partial charge < -0.3 is 20.5 Å². The molecule has 224 valence electrons. The van der Waals surface area contributed by atoms with Gasteiger partial charge in [0, 0.05) is 63.2 Å². The van der Waals surface area contributed by atoms with Gasteiger partial charge in [-0.2, -0.15) is 0 Å². The number of methoxy groups -OCH3 is 1. The van der Waals surface area contributed by atoms with Crippen LogP contribution in [0.25, 0.3) is 11.3 Å². The van der Waals surface area contributed by atoms with Gasteiger partial charge in [-0.05, 0) is 42.0 Å². The molecule has 1 saturated heterocycles. The number of ether oxygens (including phenoxy) is 1. The van der Waals surface area contributed by atoms with Crippen LogP contribution in [-0.2, 0) is 14.4 Å². The minimum absolute atomic E-state index is 0.0870. The third-order valence-corrected chi connectivity index (χ3v) is 7.49. The Morgan fingerprint density at radius 3 is 2.16 bits per heavy atom. The summed E-state index contributed by atoms with van der Waals surface area (Å²) in [6.45, 7) is 6.67. The summed E-state index contributed by atoms with van der Waals surface area (Å²) in [5, 5.41) is 15.5. The van der Waals surface area contributed by atoms with Gasteiger partial charge in [-0.3, -0.25) is 24.2 Å². The highest BCUT2D eigenvalue weighted by molar-refractivity contribution is 6.37. The van der Waals surface area contributed by atoms with Crippen molar-refractivity contribution in [2.45, 2.75) is 0 Å². The van der Waals surface area contributed by atoms with Crippen molar-refractivity contribution >= 4 is 40.4 Å². The molecule has 2 amide bonds. The first kappa shape index (κ1) is 29.9. The molecular weight excluding hydrogens is 550 g/mol. The summed E-state index contributed by atoms with van der Waals surface area (Å²) < 4.78 is 5.15. The Morgan fingerprint density at radius 1 is 0.860 bits per heavy atom. The van der Waals surface area contributed by atoms with Crippen molar-refractivity contribution in [3.05, 3.63) is 95.1 Å². The van der Waals surface area contributed by atoms with E-state index in [1.807, 2.05) is 30.3 Å². The van der Waals surface area contributed by atoms with Gasteiger partial charge in [0.2, 0.25) is 0 Å². The number of hydrogen-bond donors (Lipinski definition) is 4. The molecule has 0 aromatic heterocycles. The van der Waals surface area contributed by atoms with Crippen molar-refractivity contribution in [2.24, 2.45) is 0 Å². The van der Waals surface area contributed by atoms with Crippen molar-refractivity contribution in [1.82, 2.24) is 15.3 Å². The number of amides is 2. The highest BCUT2D eigenvalue weighted by Gasteiger charge is 2.29. The van der Waals surface area contributed by atoms with Crippen molar-refractivity contribution in [2.75, 3.05) is 70.2 Å². The molecule has 11 heteroatoms. The van der Waals surface area contributed by atoms with E-state index in [9.17, 15) is 19.5 Å². The van der Waals surface area contributed by atoms with Gasteiger partial charge >= 0.3 is 5.97 Å². The molecular formula is C32H35N5O6. The molecule has 0 saturated carbocycles. The number of nitrogens with one attached hydrogen (secondary N) is 3. The molecule has 5 rings (SSSR count). The van der Waals surface area contributed by atoms with Crippen LogP contribution in [0.15, 0.2) is 72.8 Å². The largest absolute Gasteiger partial charge is 0.478 e. The molecule has 4 N–H and O–H groups in total. The molecule has 0 bridgehead atoms. The second-order valence-electron chi connectivity index (χ2n) is 10.3. The predicted molar refractivity (Wildman–Crippen MR) is 164 cm³/mol. The van der Waals surface area contributed by atoms with Gasteiger partial charge in [0.25, 0.3) is 11.8 Å². The average Bonchev–Trinajstić information content (AvgIpc) is 3.36. The number of carbonyl (C=O) groups excluding carboxylic acids is 2. The number of piperazine rings is 1. The van der Waals surface area contributed by atoms with E-state index in [0.717, 1.165) is 51.4 Å². The number of rotatable bonds is 12. The summed E-state index contributed by atoms with van der Waals surface area (Å²) in [7, 11) is 1.71. The lowest BCUT2D eigenvalue weighted by Gasteiger charge is -2.34. The maximum Gasteiger partial charge on any atom is 0.335 e. The van der Waals surface area contributed by atoms with Crippen molar-refractivity contribution < 1.29 is 29.1 Å². The average molecular weight is 586 g/mol. The number of anilines is 2. The van der Waals surface area contributed by atoms with E-state index in [2.05, 4.69) is 25.9 Å². The Kier molecular flexibility index (Phi) is 9.80. The van der Waals surface area contributed by atoms with Gasteiger partial charge in [0.05, 0.1) is 35.7 Å². The van der Waals surface area contributed by atoms with Crippen LogP contribution in [0.5, 0.6) is 0 Å². The SMILES string of the molecule is COCCN1CCN(CCONC(=O)c2ccc(NC(=C3C(=O)Nc4cc(C(=O)O)ccc43)c3ccccc3)cc2)CC1. The number of aromatic carboxylic acids is 1. The lowest BCUT2D eigenvalue weighted by molar-refractivity contribution is -0.110. The zero-order chi connectivity index (χ0) is 30.2. The van der Waals surface area contributed by atoms with Crippen LogP contribution in [0.2, 0.25) is 0 Å². The topological polar surface area (TPSA) is 132 Å². The van der Waals surface area contributed by atoms with E-state index in [1.54, 1.807) is 37.4 Å². The van der Waals surface area contributed by atoms with E-state index in [0.29, 0.717) is 40.4 Å². The molecule has 43 heavy (non-hydrogen) atoms. The highest BCUT2D eigenvalue weighted by Crippen LogP contribution is 2.38. The molecule has 2 heterocycles. The first-order chi connectivity index (χ1) is 20.9. The van der Waals surface area contributed by atoms with E-state index >= 15 is 0 Å². The molecule has 11 nitrogen and oxygen atoms in total. The van der Waals surface area contributed by atoms with Crippen LogP contribution in [0, 0.1) is 0 Å². The first-order valence-electron chi connectivity index (χ1n) is 14.1. The molecule has 3 aromatic carbocycles. The zero-order valence-electron chi connectivity index (χ0n) is 24.0. The summed E-state index contributed by atoms with van der Waals surface area (Å²) in [5.74, 6) is -1.76. The van der Waals surface area contributed by atoms with Crippen molar-refractivity contribution in [3.8, 4) is 0 Å². The van der Waals surface area contributed by atoms with Crippen LogP contribution < -0.4 is 16.1 Å². The fourth-order valence-corrected chi connectivity index (χ4v) is 5.09. The third kappa shape index (κ3) is 7.46. The maximum atomic E-state index is 13.1. The number of benzene rings is 3. The number of hydrogen-bond acceptors (Lipinski definition) is 8. The number of carboxylic acids is 1. The Balaban J connectivity index is 1.21. The van der Waals surface area contributed by atoms with Crippen molar-refractivity contribution in [3.63, 3.8) is 0 Å². The minimum Gasteiger partial charge on any atom is -0.478 e. The third-order valence-electron chi connectivity index (χ3n) is 7.49. The smallest absolute Gasteiger partial charge is 0.335 e. The van der Waals surface area contributed by atoms with Crippen LogP contribution in [-0.4, -0.2) is 92.3 Å². The van der Waals surface area contributed by atoms with E-state index in [4.69, 9.17) is 9.57 Å². The molecule has 0 unspecified atom stereocenters. The number of nitrogens with zero attached hydrogens (tertiary/aromatic N) is 2. The molecule has 2 aliphatic rings. The van der Waals surface area contributed by atoms with E-state index in [1.165, 1.54) is 12.1 Å². The lowest BCUT2D eigenvalue weighted by atomic mass is 9.99. The molecule has 0 spiro atoms. The van der Waals surface area contributed by atoms with Gasteiger partial charge in [-0.15, -0.1) is 0 Å². The van der Waals surface area contributed by atoms with E-state index < -0.39 is 5.97 Å². The quantitative estimate of drug-likeness (QED) is 0.144. The summed E-state index contributed by atoms with van der Waals surface area (Å²) in [4.78, 5) is 47.3. The molecule has 2 aliphatic heterocycles. The number of carbonyl (C=O) groups is 3. The normalized spacial score (nSPS) is 16.3. The van der Waals surface area contributed by atoms with E-state index in [-0.39, 0.29) is 17.4 Å². The maximum absolute atomic E-state index is 13.1. The fourth-order valence-electron chi connectivity index (χ4n) is 5.09. The number of carboxylic acid groups (broad SMARTS) is 1. The molecule has 1 fully saturated rings. The predicted octanol–water partition coefficient (Wildman–Crippen LogP) is 3.24. The van der Waals surface area contributed by atoms with Crippen LogP contribution >= 0.6 is 0 Å². The Hall–Kier alpha value is -4.55. The summed E-state index contributed by atoms with van der Waals surface area (Å²) in [6.07, 6.45) is 0. The molecule has 3 aromatic rings. The standard InChI is InChI=1S/C32H35N5O6/c1-42-19-17-36-13-15-37(16-14-36)18-20-43-35-30(38)23-7-10-25(11-8-23)33-29(22-5-3-2-4-6-22)28-26-12-9-24(32(40)41)21-27(26)34-31(28)39/h2-12,21,33H,13-20H2,1H3,(H,34,39)(H,35,38)(H,40,41). The van der Waals surface area contributed by atoms with Gasteiger partial charge in [-0.25, -0.2) is 10.3 Å². The van der Waals surface area contributed by atoms with Crippen LogP contribution in [0.4, 0.5) is 11.4 Å². The Bertz CT molecular complexity index is 1480.